The maximum Gasteiger partial charge on any atom is 0.325 e. The monoisotopic (exact) mass is 405 g/mol. The molecule has 0 aromatic carbocycles. The molecule has 0 radical (unpaired) electrons. The Balaban J connectivity index is 0.00000225. The molecule has 0 bridgehead atoms. The second-order valence-electron chi connectivity index (χ2n) is 7.03. The molecule has 9 heteroatoms. The van der Waals surface area contributed by atoms with E-state index < -0.39 is 11.6 Å². The molecule has 4 heterocycles. The van der Waals surface area contributed by atoms with E-state index in [1.807, 2.05) is 13.0 Å². The molecule has 8 nitrogen and oxygen atoms in total. The number of piperidine rings is 1. The molecule has 2 aliphatic rings. The Morgan fingerprint density at radius 3 is 2.75 bits per heavy atom. The smallest absolute Gasteiger partial charge is 0.325 e. The molecule has 1 unspecified atom stereocenters. The quantitative estimate of drug-likeness (QED) is 0.738. The van der Waals surface area contributed by atoms with Crippen molar-refractivity contribution in [2.24, 2.45) is 5.92 Å². The van der Waals surface area contributed by atoms with Crippen molar-refractivity contribution in [3.8, 4) is 0 Å². The summed E-state index contributed by atoms with van der Waals surface area (Å²) in [7, 11) is 0. The maximum atomic E-state index is 13.6. The number of amides is 3. The molecule has 3 amide bonds. The van der Waals surface area contributed by atoms with Gasteiger partial charge in [0.25, 0.3) is 5.91 Å². The van der Waals surface area contributed by atoms with Crippen LogP contribution in [0.2, 0.25) is 0 Å². The summed E-state index contributed by atoms with van der Waals surface area (Å²) in [5.74, 6) is 0.259. The third-order valence-electron chi connectivity index (χ3n) is 5.48. The fourth-order valence-corrected chi connectivity index (χ4v) is 4.05. The molecule has 2 saturated heterocycles. The fraction of sp³-hybridized carbons (Fsp3) is 0.474. The second-order valence-corrected chi connectivity index (χ2v) is 7.03. The van der Waals surface area contributed by atoms with Crippen LogP contribution in [0.25, 0.3) is 0 Å². The van der Waals surface area contributed by atoms with Gasteiger partial charge in [0.2, 0.25) is 0 Å². The molecular formula is C19H24ClN5O3. The number of imide groups is 1. The van der Waals surface area contributed by atoms with E-state index in [4.69, 9.17) is 4.52 Å². The predicted molar refractivity (Wildman–Crippen MR) is 104 cm³/mol. The highest BCUT2D eigenvalue weighted by Crippen LogP contribution is 2.40. The molecule has 0 saturated carbocycles. The van der Waals surface area contributed by atoms with Crippen LogP contribution >= 0.6 is 12.4 Å². The Kier molecular flexibility index (Phi) is 6.00. The minimum absolute atomic E-state index is 0. The van der Waals surface area contributed by atoms with Crippen molar-refractivity contribution >= 4 is 24.3 Å². The van der Waals surface area contributed by atoms with Crippen LogP contribution in [0, 0.1) is 5.92 Å². The summed E-state index contributed by atoms with van der Waals surface area (Å²) in [6.45, 7) is 3.68. The van der Waals surface area contributed by atoms with E-state index in [2.05, 4.69) is 20.8 Å². The lowest BCUT2D eigenvalue weighted by atomic mass is 9.74. The molecule has 0 spiro atoms. The molecule has 4 rings (SSSR count). The highest BCUT2D eigenvalue weighted by Gasteiger charge is 2.57. The minimum Gasteiger partial charge on any atom is -0.359 e. The number of carbonyl (C=O) groups is 2. The molecule has 1 atom stereocenters. The molecule has 2 N–H and O–H groups in total. The van der Waals surface area contributed by atoms with Crippen LogP contribution < -0.4 is 10.6 Å². The Hall–Kier alpha value is -2.45. The summed E-state index contributed by atoms with van der Waals surface area (Å²) < 4.78 is 5.29. The highest BCUT2D eigenvalue weighted by atomic mass is 35.5. The van der Waals surface area contributed by atoms with Gasteiger partial charge in [0.15, 0.2) is 11.3 Å². The maximum absolute atomic E-state index is 13.6. The van der Waals surface area contributed by atoms with Gasteiger partial charge in [-0.15, -0.1) is 12.4 Å². The third kappa shape index (κ3) is 3.38. The lowest BCUT2D eigenvalue weighted by molar-refractivity contribution is -0.134. The molecule has 150 valence electrons. The predicted octanol–water partition coefficient (Wildman–Crippen LogP) is 2.00. The summed E-state index contributed by atoms with van der Waals surface area (Å²) in [5.41, 5.74) is 0.444. The first-order valence-electron chi connectivity index (χ1n) is 9.35. The van der Waals surface area contributed by atoms with Crippen molar-refractivity contribution in [1.82, 2.24) is 25.7 Å². The number of nitrogens with zero attached hydrogens (tertiary/aromatic N) is 3. The van der Waals surface area contributed by atoms with E-state index in [-0.39, 0.29) is 30.8 Å². The van der Waals surface area contributed by atoms with Crippen molar-refractivity contribution in [2.75, 3.05) is 13.1 Å². The summed E-state index contributed by atoms with van der Waals surface area (Å²) in [5, 5.41) is 10.3. The number of urea groups is 1. The van der Waals surface area contributed by atoms with Gasteiger partial charge in [0.1, 0.15) is 0 Å². The topological polar surface area (TPSA) is 100 Å². The number of nitrogens with one attached hydrogen (secondary N) is 2. The molecule has 2 fully saturated rings. The number of halogens is 1. The van der Waals surface area contributed by atoms with Gasteiger partial charge in [-0.2, -0.15) is 0 Å². The molecular weight excluding hydrogens is 382 g/mol. The first-order valence-corrected chi connectivity index (χ1v) is 9.35. The Morgan fingerprint density at radius 2 is 2.11 bits per heavy atom. The Morgan fingerprint density at radius 1 is 1.32 bits per heavy atom. The Labute approximate surface area is 169 Å². The van der Waals surface area contributed by atoms with Gasteiger partial charge in [0, 0.05) is 24.0 Å². The summed E-state index contributed by atoms with van der Waals surface area (Å²) in [6.07, 6.45) is 5.68. The van der Waals surface area contributed by atoms with Crippen molar-refractivity contribution in [3.05, 3.63) is 47.6 Å². The van der Waals surface area contributed by atoms with Gasteiger partial charge in [-0.25, -0.2) is 4.79 Å². The average Bonchev–Trinajstić information content (AvgIpc) is 3.28. The largest absolute Gasteiger partial charge is 0.359 e. The van der Waals surface area contributed by atoms with Gasteiger partial charge in [-0.3, -0.25) is 14.7 Å². The zero-order valence-electron chi connectivity index (χ0n) is 15.7. The average molecular weight is 406 g/mol. The molecule has 28 heavy (non-hydrogen) atoms. The van der Waals surface area contributed by atoms with Crippen LogP contribution in [-0.4, -0.2) is 40.1 Å². The van der Waals surface area contributed by atoms with E-state index in [1.54, 1.807) is 24.5 Å². The lowest BCUT2D eigenvalue weighted by Crippen LogP contribution is -2.53. The van der Waals surface area contributed by atoms with Crippen LogP contribution in [0.3, 0.4) is 0 Å². The number of carbonyl (C=O) groups excluding carboxylic acids is 2. The molecule has 0 aliphatic carbocycles. The number of pyridine rings is 1. The molecule has 2 aliphatic heterocycles. The van der Waals surface area contributed by atoms with Crippen LogP contribution in [0.15, 0.2) is 35.1 Å². The number of hydrogen-bond acceptors (Lipinski definition) is 6. The third-order valence-corrected chi connectivity index (χ3v) is 5.48. The molecule has 2 aromatic rings. The Bertz CT molecular complexity index is 837. The van der Waals surface area contributed by atoms with Crippen molar-refractivity contribution in [3.63, 3.8) is 0 Å². The van der Waals surface area contributed by atoms with Crippen LogP contribution in [0.1, 0.15) is 36.8 Å². The number of hydrogen-bond donors (Lipinski definition) is 2. The van der Waals surface area contributed by atoms with Crippen molar-refractivity contribution in [2.45, 2.75) is 38.3 Å². The normalized spacial score (nSPS) is 22.8. The zero-order valence-corrected chi connectivity index (χ0v) is 16.5. The standard InChI is InChI=1S/C19H23N5O3.ClH/c1-2-15-10-16(27-23-15)12-24-17(25)19(22-18(24)26,13-5-8-20-9-6-13)14-4-3-7-21-11-14;/h3-4,7,10-11,13,20H,2,5-6,8-9,12H2,1H3,(H,22,26);1H. The van der Waals surface area contributed by atoms with Gasteiger partial charge in [0.05, 0.1) is 12.2 Å². The first-order chi connectivity index (χ1) is 13.1. The highest BCUT2D eigenvalue weighted by molar-refractivity contribution is 6.07. The summed E-state index contributed by atoms with van der Waals surface area (Å²) >= 11 is 0. The van der Waals surface area contributed by atoms with Gasteiger partial charge in [-0.05, 0) is 44.3 Å². The number of aromatic nitrogens is 2. The van der Waals surface area contributed by atoms with E-state index in [0.717, 1.165) is 43.6 Å². The van der Waals surface area contributed by atoms with Gasteiger partial charge in [-0.1, -0.05) is 18.1 Å². The van der Waals surface area contributed by atoms with E-state index in [1.165, 1.54) is 4.90 Å². The van der Waals surface area contributed by atoms with E-state index >= 15 is 0 Å². The summed E-state index contributed by atoms with van der Waals surface area (Å²) in [6, 6.07) is 5.04. The fourth-order valence-electron chi connectivity index (χ4n) is 4.05. The van der Waals surface area contributed by atoms with Gasteiger partial charge >= 0.3 is 6.03 Å². The first kappa shape index (κ1) is 20.3. The van der Waals surface area contributed by atoms with E-state index in [9.17, 15) is 9.59 Å². The van der Waals surface area contributed by atoms with Crippen molar-refractivity contribution < 1.29 is 14.1 Å². The lowest BCUT2D eigenvalue weighted by Gasteiger charge is -2.37. The summed E-state index contributed by atoms with van der Waals surface area (Å²) in [4.78, 5) is 31.8. The number of rotatable bonds is 5. The van der Waals surface area contributed by atoms with E-state index in [0.29, 0.717) is 5.76 Å². The van der Waals surface area contributed by atoms with Gasteiger partial charge < -0.3 is 15.2 Å². The van der Waals surface area contributed by atoms with Crippen molar-refractivity contribution in [1.29, 1.82) is 0 Å². The SMILES string of the molecule is CCc1cc(CN2C(=O)NC(c3cccnc3)(C3CCNCC3)C2=O)on1.Cl. The van der Waals surface area contributed by atoms with Crippen LogP contribution in [-0.2, 0) is 23.3 Å². The zero-order chi connectivity index (χ0) is 18.9. The van der Waals surface area contributed by atoms with Crippen LogP contribution in [0.4, 0.5) is 4.79 Å². The minimum atomic E-state index is -1.08. The second kappa shape index (κ2) is 8.28. The van der Waals surface area contributed by atoms with Crippen LogP contribution in [0.5, 0.6) is 0 Å². The molecule has 2 aromatic heterocycles. The number of aryl methyl sites for hydroxylation is 1.